The van der Waals surface area contributed by atoms with Gasteiger partial charge in [-0.2, -0.15) is 0 Å². The van der Waals surface area contributed by atoms with Crippen LogP contribution in [0.2, 0.25) is 0 Å². The van der Waals surface area contributed by atoms with E-state index in [2.05, 4.69) is 52.7 Å². The highest BCUT2D eigenvalue weighted by atomic mass is 16.5. The topological polar surface area (TPSA) is 74.3 Å². The maximum Gasteiger partial charge on any atom is 0.254 e. The molecule has 3 aromatic rings. The third-order valence-corrected chi connectivity index (χ3v) is 7.49. The van der Waals surface area contributed by atoms with E-state index in [0.29, 0.717) is 30.4 Å². The molecule has 1 aliphatic heterocycles. The molecule has 1 heterocycles. The van der Waals surface area contributed by atoms with E-state index in [4.69, 9.17) is 9.47 Å². The summed E-state index contributed by atoms with van der Waals surface area (Å²) in [7, 11) is 2.96. The molecule has 7 heteroatoms. The zero-order valence-electron chi connectivity index (χ0n) is 24.5. The summed E-state index contributed by atoms with van der Waals surface area (Å²) < 4.78 is 10.6. The van der Waals surface area contributed by atoms with E-state index in [1.807, 2.05) is 36.1 Å². The van der Waals surface area contributed by atoms with E-state index >= 15 is 0 Å². The Labute approximate surface area is 244 Å². The van der Waals surface area contributed by atoms with Crippen molar-refractivity contribution >= 4 is 12.0 Å². The molecule has 2 N–H and O–H groups in total. The lowest BCUT2D eigenvalue weighted by Gasteiger charge is -2.34. The minimum Gasteiger partial charge on any atom is -0.504 e. The average Bonchev–Trinajstić information content (AvgIpc) is 3.00. The Bertz CT molecular complexity index is 1280. The van der Waals surface area contributed by atoms with Gasteiger partial charge in [-0.15, -0.1) is 0 Å². The van der Waals surface area contributed by atoms with Crippen molar-refractivity contribution in [1.82, 2.24) is 15.1 Å². The van der Waals surface area contributed by atoms with E-state index < -0.39 is 0 Å². The molecule has 0 radical (unpaired) electrons. The fraction of sp³-hybridized carbons (Fsp3) is 0.382. The summed E-state index contributed by atoms with van der Waals surface area (Å²) in [6.45, 7) is 7.04. The highest BCUT2D eigenvalue weighted by Crippen LogP contribution is 2.37. The van der Waals surface area contributed by atoms with Crippen molar-refractivity contribution in [2.24, 2.45) is 0 Å². The molecule has 1 fully saturated rings. The molecule has 0 spiro atoms. The summed E-state index contributed by atoms with van der Waals surface area (Å²) in [5.74, 6) is 0.281. The first-order chi connectivity index (χ1) is 20.0. The van der Waals surface area contributed by atoms with Crippen molar-refractivity contribution < 1.29 is 19.4 Å². The fourth-order valence-corrected chi connectivity index (χ4v) is 5.45. The largest absolute Gasteiger partial charge is 0.504 e. The van der Waals surface area contributed by atoms with Gasteiger partial charge in [-0.25, -0.2) is 0 Å². The number of hydrogen-bond donors (Lipinski definition) is 2. The number of amides is 1. The highest BCUT2D eigenvalue weighted by Gasteiger charge is 2.23. The van der Waals surface area contributed by atoms with Crippen LogP contribution in [0.15, 0.2) is 78.4 Å². The lowest BCUT2D eigenvalue weighted by atomic mass is 10.0. The summed E-state index contributed by atoms with van der Waals surface area (Å²) in [6.07, 6.45) is 5.31. The lowest BCUT2D eigenvalue weighted by molar-refractivity contribution is 0.0758. The van der Waals surface area contributed by atoms with Crippen molar-refractivity contribution in [3.05, 3.63) is 95.1 Å². The van der Waals surface area contributed by atoms with E-state index in [1.54, 1.807) is 6.07 Å². The number of aromatic hydroxyl groups is 1. The van der Waals surface area contributed by atoms with Gasteiger partial charge in [-0.1, -0.05) is 72.3 Å². The van der Waals surface area contributed by atoms with Crippen LogP contribution < -0.4 is 14.8 Å². The molecule has 1 saturated heterocycles. The second-order valence-electron chi connectivity index (χ2n) is 10.7. The number of hydrogen-bond acceptors (Lipinski definition) is 6. The van der Waals surface area contributed by atoms with Crippen molar-refractivity contribution in [2.45, 2.75) is 38.8 Å². The Morgan fingerprint density at radius 1 is 1.07 bits per heavy atom. The molecule has 3 aromatic carbocycles. The van der Waals surface area contributed by atoms with E-state index in [9.17, 15) is 9.90 Å². The number of carbonyl (C=O) groups is 1. The number of carbonyl (C=O) groups excluding carboxylic acids is 1. The number of piperidine rings is 1. The number of phenolic OH excluding ortho intramolecular Hbond substituents is 1. The normalized spacial score (nSPS) is 15.9. The molecule has 41 heavy (non-hydrogen) atoms. The predicted octanol–water partition coefficient (Wildman–Crippen LogP) is 5.60. The van der Waals surface area contributed by atoms with Gasteiger partial charge in [0.15, 0.2) is 11.5 Å². The highest BCUT2D eigenvalue weighted by molar-refractivity contribution is 5.96. The van der Waals surface area contributed by atoms with Crippen molar-refractivity contribution in [3.63, 3.8) is 0 Å². The minimum absolute atomic E-state index is 0.117. The summed E-state index contributed by atoms with van der Waals surface area (Å²) in [6, 6.07) is 24.2. The Hall–Kier alpha value is -3.81. The van der Waals surface area contributed by atoms with Gasteiger partial charge in [0.05, 0.1) is 14.2 Å². The molecule has 1 unspecified atom stereocenters. The Morgan fingerprint density at radius 2 is 1.80 bits per heavy atom. The van der Waals surface area contributed by atoms with Crippen molar-refractivity contribution in [3.8, 4) is 17.2 Å². The SMILES string of the molecule is COc1cc(C(=O)N(CCCN2CCCC(NCc3ccccc3)C2)C/C(C)=C/c2ccccc2)cc(O)c1OC. The number of likely N-dealkylation sites (tertiary alicyclic amines) is 1. The summed E-state index contributed by atoms with van der Waals surface area (Å²) in [4.78, 5) is 18.1. The molecule has 7 nitrogen and oxygen atoms in total. The van der Waals surface area contributed by atoms with E-state index in [1.165, 1.54) is 38.7 Å². The van der Waals surface area contributed by atoms with Crippen molar-refractivity contribution in [2.75, 3.05) is 46.9 Å². The molecule has 0 aromatic heterocycles. The van der Waals surface area contributed by atoms with Crippen LogP contribution >= 0.6 is 0 Å². The van der Waals surface area contributed by atoms with Crippen molar-refractivity contribution in [1.29, 1.82) is 0 Å². The zero-order valence-corrected chi connectivity index (χ0v) is 24.5. The second-order valence-corrected chi connectivity index (χ2v) is 10.7. The van der Waals surface area contributed by atoms with Crippen LogP contribution in [0.3, 0.4) is 0 Å². The number of phenols is 1. The average molecular weight is 558 g/mol. The standard InChI is InChI=1S/C34H43N3O4/c1-26(20-27-12-6-4-7-13-27)24-37(34(39)29-21-31(38)33(41-3)32(22-29)40-2)19-11-18-36-17-10-16-30(25-36)35-23-28-14-8-5-9-15-28/h4-9,12-15,20-22,30,35,38H,10-11,16-19,23-25H2,1-3H3/b26-20+. The van der Waals surface area contributed by atoms with Gasteiger partial charge in [0.25, 0.3) is 5.91 Å². The number of methoxy groups -OCH3 is 2. The quantitative estimate of drug-likeness (QED) is 0.285. The molecular formula is C34H43N3O4. The van der Waals surface area contributed by atoms with E-state index in [0.717, 1.165) is 43.7 Å². The zero-order chi connectivity index (χ0) is 29.0. The lowest BCUT2D eigenvalue weighted by Crippen LogP contribution is -2.46. The molecule has 0 bridgehead atoms. The smallest absolute Gasteiger partial charge is 0.254 e. The van der Waals surface area contributed by atoms with Crippen LogP contribution in [-0.2, 0) is 6.54 Å². The summed E-state index contributed by atoms with van der Waals surface area (Å²) >= 11 is 0. The number of benzene rings is 3. The Morgan fingerprint density at radius 3 is 2.51 bits per heavy atom. The molecule has 1 aliphatic rings. The fourth-order valence-electron chi connectivity index (χ4n) is 5.45. The third-order valence-electron chi connectivity index (χ3n) is 7.49. The molecule has 1 atom stereocenters. The van der Waals surface area contributed by atoms with Gasteiger partial charge in [0.1, 0.15) is 0 Å². The number of ether oxygens (including phenoxy) is 2. The maximum absolute atomic E-state index is 13.8. The molecule has 0 saturated carbocycles. The number of nitrogens with zero attached hydrogens (tertiary/aromatic N) is 2. The van der Waals surface area contributed by atoms with Gasteiger partial charge < -0.3 is 29.7 Å². The van der Waals surface area contributed by atoms with Gasteiger partial charge in [0, 0.05) is 37.8 Å². The maximum atomic E-state index is 13.8. The first-order valence-corrected chi connectivity index (χ1v) is 14.4. The second kappa shape index (κ2) is 15.3. The summed E-state index contributed by atoms with van der Waals surface area (Å²) in [5.41, 5.74) is 3.86. The van der Waals surface area contributed by atoms with Crippen LogP contribution in [-0.4, -0.2) is 73.8 Å². The Kier molecular flexibility index (Phi) is 11.2. The monoisotopic (exact) mass is 557 g/mol. The first-order valence-electron chi connectivity index (χ1n) is 14.4. The number of rotatable bonds is 13. The first kappa shape index (κ1) is 30.2. The molecule has 218 valence electrons. The predicted molar refractivity (Wildman–Crippen MR) is 165 cm³/mol. The van der Waals surface area contributed by atoms with Crippen LogP contribution in [0, 0.1) is 0 Å². The van der Waals surface area contributed by atoms with Crippen LogP contribution in [0.25, 0.3) is 6.08 Å². The van der Waals surface area contributed by atoms with Gasteiger partial charge >= 0.3 is 0 Å². The molecule has 4 rings (SSSR count). The van der Waals surface area contributed by atoms with Crippen LogP contribution in [0.4, 0.5) is 0 Å². The van der Waals surface area contributed by atoms with Crippen LogP contribution in [0.1, 0.15) is 47.7 Å². The van der Waals surface area contributed by atoms with Gasteiger partial charge in [0.2, 0.25) is 5.75 Å². The van der Waals surface area contributed by atoms with E-state index in [-0.39, 0.29) is 17.4 Å². The molecule has 0 aliphatic carbocycles. The number of nitrogens with one attached hydrogen (secondary N) is 1. The van der Waals surface area contributed by atoms with Crippen LogP contribution in [0.5, 0.6) is 17.2 Å². The Balaban J connectivity index is 1.41. The van der Waals surface area contributed by atoms with Gasteiger partial charge in [-0.3, -0.25) is 4.79 Å². The summed E-state index contributed by atoms with van der Waals surface area (Å²) in [5, 5.41) is 14.2. The van der Waals surface area contributed by atoms with Gasteiger partial charge in [-0.05, 0) is 62.5 Å². The molecule has 1 amide bonds. The molecular weight excluding hydrogens is 514 g/mol. The minimum atomic E-state index is -0.150. The third kappa shape index (κ3) is 8.84.